The lowest BCUT2D eigenvalue weighted by atomic mass is 10.2. The summed E-state index contributed by atoms with van der Waals surface area (Å²) in [4.78, 5) is 15.8. The van der Waals surface area contributed by atoms with Gasteiger partial charge in [0.25, 0.3) is 5.89 Å². The van der Waals surface area contributed by atoms with Gasteiger partial charge in [0, 0.05) is 16.5 Å². The van der Waals surface area contributed by atoms with Gasteiger partial charge in [-0.2, -0.15) is 4.98 Å². The van der Waals surface area contributed by atoms with E-state index >= 15 is 0 Å². The average molecular weight is 338 g/mol. The van der Waals surface area contributed by atoms with Crippen LogP contribution in [0.15, 0.2) is 33.3 Å². The van der Waals surface area contributed by atoms with Crippen LogP contribution in [-0.2, 0) is 4.79 Å². The Hall–Kier alpha value is -1.69. The average Bonchev–Trinajstić information content (AvgIpc) is 2.94. The van der Waals surface area contributed by atoms with E-state index in [2.05, 4.69) is 31.4 Å². The Morgan fingerprint density at radius 2 is 2.25 bits per heavy atom. The fourth-order valence-electron chi connectivity index (χ4n) is 1.76. The maximum atomic E-state index is 11.5. The molecule has 0 aliphatic carbocycles. The largest absolute Gasteiger partial charge is 0.346 e. The number of nitrogens with zero attached hydrogens (tertiary/aromatic N) is 2. The summed E-state index contributed by atoms with van der Waals surface area (Å²) in [6.07, 6.45) is 1.15. The van der Waals surface area contributed by atoms with Crippen molar-refractivity contribution in [3.63, 3.8) is 0 Å². The molecule has 0 unspecified atom stereocenters. The molecule has 1 amide bonds. The molecule has 106 valence electrons. The third-order valence-corrected chi connectivity index (χ3v) is 3.38. The van der Waals surface area contributed by atoms with E-state index in [0.717, 1.165) is 10.0 Å². The second-order valence-corrected chi connectivity index (χ2v) is 5.27. The molecule has 0 bridgehead atoms. The molecule has 1 N–H and O–H groups in total. The van der Waals surface area contributed by atoms with Gasteiger partial charge in [-0.25, -0.2) is 0 Å². The minimum Gasteiger partial charge on any atom is -0.346 e. The predicted molar refractivity (Wildman–Crippen MR) is 78.9 cm³/mol. The molecule has 1 aromatic heterocycles. The molecule has 2 rings (SSSR count). The number of carbonyl (C=O) groups excluding carboxylic acids is 1. The van der Waals surface area contributed by atoms with Crippen LogP contribution in [0.3, 0.4) is 0 Å². The van der Waals surface area contributed by atoms with Crippen molar-refractivity contribution in [1.82, 2.24) is 15.5 Å². The second kappa shape index (κ2) is 6.65. The standard InChI is InChI=1S/C14H16BrN3O2/c1-3-11(16-12(19)4-2)13-17-14(20-18-13)9-6-5-7-10(15)8-9/h5-8,11H,3-4H2,1-2H3,(H,16,19)/t11-/m0/s1. The maximum Gasteiger partial charge on any atom is 0.258 e. The quantitative estimate of drug-likeness (QED) is 0.906. The predicted octanol–water partition coefficient (Wildman–Crippen LogP) is 3.48. The number of nitrogens with one attached hydrogen (secondary N) is 1. The number of hydrogen-bond donors (Lipinski definition) is 1. The van der Waals surface area contributed by atoms with Crippen LogP contribution in [0.1, 0.15) is 38.6 Å². The minimum absolute atomic E-state index is 0.0225. The summed E-state index contributed by atoms with van der Waals surface area (Å²) in [5.41, 5.74) is 0.842. The number of amides is 1. The lowest BCUT2D eigenvalue weighted by Crippen LogP contribution is -2.28. The summed E-state index contributed by atoms with van der Waals surface area (Å²) in [5.74, 6) is 0.931. The molecule has 0 saturated carbocycles. The molecule has 0 saturated heterocycles. The summed E-state index contributed by atoms with van der Waals surface area (Å²) in [5, 5.41) is 6.84. The van der Waals surface area contributed by atoms with Crippen molar-refractivity contribution in [3.05, 3.63) is 34.6 Å². The van der Waals surface area contributed by atoms with Crippen LogP contribution < -0.4 is 5.32 Å². The third kappa shape index (κ3) is 3.45. The molecule has 0 fully saturated rings. The Kier molecular flexibility index (Phi) is 4.89. The highest BCUT2D eigenvalue weighted by Gasteiger charge is 2.18. The molecule has 20 heavy (non-hydrogen) atoms. The lowest BCUT2D eigenvalue weighted by Gasteiger charge is -2.11. The molecule has 0 spiro atoms. The van der Waals surface area contributed by atoms with Gasteiger partial charge in [-0.15, -0.1) is 0 Å². The molecule has 1 atom stereocenters. The topological polar surface area (TPSA) is 68.0 Å². The highest BCUT2D eigenvalue weighted by molar-refractivity contribution is 9.10. The van der Waals surface area contributed by atoms with Gasteiger partial charge in [-0.3, -0.25) is 4.79 Å². The van der Waals surface area contributed by atoms with Crippen LogP contribution in [0.5, 0.6) is 0 Å². The number of hydrogen-bond acceptors (Lipinski definition) is 4. The first-order chi connectivity index (χ1) is 9.63. The van der Waals surface area contributed by atoms with E-state index in [9.17, 15) is 4.79 Å². The van der Waals surface area contributed by atoms with Crippen LogP contribution in [0.25, 0.3) is 11.5 Å². The fourth-order valence-corrected chi connectivity index (χ4v) is 2.16. The van der Waals surface area contributed by atoms with Gasteiger partial charge >= 0.3 is 0 Å². The Morgan fingerprint density at radius 1 is 1.45 bits per heavy atom. The molecule has 2 aromatic rings. The van der Waals surface area contributed by atoms with Gasteiger partial charge in [-0.1, -0.05) is 41.0 Å². The van der Waals surface area contributed by atoms with E-state index < -0.39 is 0 Å². The molecular formula is C14H16BrN3O2. The first-order valence-corrected chi connectivity index (χ1v) is 7.32. The number of benzene rings is 1. The number of carbonyl (C=O) groups is 1. The van der Waals surface area contributed by atoms with E-state index in [1.54, 1.807) is 0 Å². The molecule has 5 nitrogen and oxygen atoms in total. The van der Waals surface area contributed by atoms with Crippen molar-refractivity contribution in [3.8, 4) is 11.5 Å². The van der Waals surface area contributed by atoms with E-state index in [1.807, 2.05) is 38.1 Å². The monoisotopic (exact) mass is 337 g/mol. The van der Waals surface area contributed by atoms with Crippen LogP contribution in [0.2, 0.25) is 0 Å². The van der Waals surface area contributed by atoms with Crippen molar-refractivity contribution < 1.29 is 9.32 Å². The molecule has 1 aromatic carbocycles. The number of halogens is 1. The zero-order valence-corrected chi connectivity index (χ0v) is 13.0. The molecule has 0 radical (unpaired) electrons. The van der Waals surface area contributed by atoms with Crippen molar-refractivity contribution in [2.45, 2.75) is 32.7 Å². The highest BCUT2D eigenvalue weighted by Crippen LogP contribution is 2.23. The van der Waals surface area contributed by atoms with Crippen LogP contribution >= 0.6 is 15.9 Å². The Morgan fingerprint density at radius 3 is 2.90 bits per heavy atom. The van der Waals surface area contributed by atoms with E-state index in [-0.39, 0.29) is 11.9 Å². The van der Waals surface area contributed by atoms with Crippen molar-refractivity contribution in [1.29, 1.82) is 0 Å². The minimum atomic E-state index is -0.216. The van der Waals surface area contributed by atoms with Gasteiger partial charge in [0.1, 0.15) is 0 Å². The first-order valence-electron chi connectivity index (χ1n) is 6.53. The van der Waals surface area contributed by atoms with Crippen LogP contribution in [0.4, 0.5) is 0 Å². The Balaban J connectivity index is 2.21. The molecule has 1 heterocycles. The SMILES string of the molecule is CCC(=O)N[C@@H](CC)c1noc(-c2cccc(Br)c2)n1. The van der Waals surface area contributed by atoms with Crippen LogP contribution in [0, 0.1) is 0 Å². The van der Waals surface area contributed by atoms with E-state index in [0.29, 0.717) is 24.6 Å². The van der Waals surface area contributed by atoms with Crippen molar-refractivity contribution >= 4 is 21.8 Å². The summed E-state index contributed by atoms with van der Waals surface area (Å²) >= 11 is 3.40. The molecular weight excluding hydrogens is 322 g/mol. The maximum absolute atomic E-state index is 11.5. The smallest absolute Gasteiger partial charge is 0.258 e. The van der Waals surface area contributed by atoms with Crippen molar-refractivity contribution in [2.75, 3.05) is 0 Å². The van der Waals surface area contributed by atoms with Crippen LogP contribution in [-0.4, -0.2) is 16.0 Å². The fraction of sp³-hybridized carbons (Fsp3) is 0.357. The zero-order chi connectivity index (χ0) is 14.5. The molecule has 0 aliphatic rings. The summed E-state index contributed by atoms with van der Waals surface area (Å²) in [6, 6.07) is 7.42. The van der Waals surface area contributed by atoms with Gasteiger partial charge < -0.3 is 9.84 Å². The normalized spacial score (nSPS) is 12.2. The summed E-state index contributed by atoms with van der Waals surface area (Å²) in [6.45, 7) is 3.78. The summed E-state index contributed by atoms with van der Waals surface area (Å²) < 4.78 is 6.22. The van der Waals surface area contributed by atoms with Gasteiger partial charge in [-0.05, 0) is 24.6 Å². The Labute approximate surface area is 125 Å². The Bertz CT molecular complexity index is 598. The van der Waals surface area contributed by atoms with Gasteiger partial charge in [0.2, 0.25) is 5.91 Å². The first kappa shape index (κ1) is 14.7. The second-order valence-electron chi connectivity index (χ2n) is 4.35. The zero-order valence-electron chi connectivity index (χ0n) is 11.4. The van der Waals surface area contributed by atoms with E-state index in [4.69, 9.17) is 4.52 Å². The summed E-state index contributed by atoms with van der Waals surface area (Å²) in [7, 11) is 0. The lowest BCUT2D eigenvalue weighted by molar-refractivity contribution is -0.121. The molecule has 6 heteroatoms. The molecule has 0 aliphatic heterocycles. The third-order valence-electron chi connectivity index (χ3n) is 2.89. The highest BCUT2D eigenvalue weighted by atomic mass is 79.9. The number of aromatic nitrogens is 2. The number of rotatable bonds is 5. The van der Waals surface area contributed by atoms with E-state index in [1.165, 1.54) is 0 Å². The van der Waals surface area contributed by atoms with Crippen molar-refractivity contribution in [2.24, 2.45) is 0 Å². The van der Waals surface area contributed by atoms with Gasteiger partial charge in [0.15, 0.2) is 5.82 Å². The van der Waals surface area contributed by atoms with Gasteiger partial charge in [0.05, 0.1) is 6.04 Å².